The fraction of sp³-hybridized carbons (Fsp3) is 0.816. The van der Waals surface area contributed by atoms with E-state index in [-0.39, 0.29) is 62.7 Å². The molecule has 5 saturated carbocycles. The summed E-state index contributed by atoms with van der Waals surface area (Å²) in [6.45, 7) is 15.8. The van der Waals surface area contributed by atoms with E-state index in [1.54, 1.807) is 7.11 Å². The van der Waals surface area contributed by atoms with Crippen molar-refractivity contribution in [1.29, 1.82) is 0 Å². The Morgan fingerprint density at radius 3 is 2.27 bits per heavy atom. The predicted octanol–water partition coefficient (Wildman–Crippen LogP) is 6.96. The van der Waals surface area contributed by atoms with Gasteiger partial charge in [-0.2, -0.15) is 0 Å². The molecule has 5 aliphatic carbocycles. The van der Waals surface area contributed by atoms with E-state index in [2.05, 4.69) is 48.5 Å². The van der Waals surface area contributed by atoms with E-state index in [1.165, 1.54) is 0 Å². The second-order valence-electron chi connectivity index (χ2n) is 17.8. The summed E-state index contributed by atoms with van der Waals surface area (Å²) in [6.07, 6.45) is 7.51. The van der Waals surface area contributed by atoms with Gasteiger partial charge in [0.05, 0.1) is 35.1 Å². The van der Waals surface area contributed by atoms with Gasteiger partial charge < -0.3 is 24.4 Å². The Morgan fingerprint density at radius 1 is 0.886 bits per heavy atom. The van der Waals surface area contributed by atoms with Crippen molar-refractivity contribution in [2.24, 2.45) is 44.8 Å². The van der Waals surface area contributed by atoms with Gasteiger partial charge in [-0.15, -0.1) is 0 Å². The summed E-state index contributed by atoms with van der Waals surface area (Å²) in [5.74, 6) is 0.231. The van der Waals surface area contributed by atoms with Crippen LogP contribution < -0.4 is 0 Å². The van der Waals surface area contributed by atoms with Gasteiger partial charge in [0.1, 0.15) is 6.10 Å². The number of ether oxygens (including phenoxy) is 3. The van der Waals surface area contributed by atoms with Crippen LogP contribution in [0.5, 0.6) is 0 Å². The Morgan fingerprint density at radius 2 is 1.59 bits per heavy atom. The van der Waals surface area contributed by atoms with E-state index in [9.17, 15) is 15.0 Å². The van der Waals surface area contributed by atoms with Gasteiger partial charge in [-0.3, -0.25) is 0 Å². The molecular formula is C38H56O6. The van der Waals surface area contributed by atoms with Gasteiger partial charge in [-0.25, -0.2) is 4.79 Å². The largest absolute Gasteiger partial charge is 0.458 e. The first-order valence-electron chi connectivity index (χ1n) is 17.4. The fourth-order valence-electron chi connectivity index (χ4n) is 13.2. The van der Waals surface area contributed by atoms with Crippen molar-refractivity contribution in [1.82, 2.24) is 0 Å². The fourth-order valence-corrected chi connectivity index (χ4v) is 13.2. The van der Waals surface area contributed by atoms with Crippen molar-refractivity contribution in [2.75, 3.05) is 7.11 Å². The van der Waals surface area contributed by atoms with Gasteiger partial charge in [0.15, 0.2) is 0 Å². The number of rotatable bonds is 5. The van der Waals surface area contributed by atoms with E-state index in [4.69, 9.17) is 14.2 Å². The number of methoxy groups -OCH3 is 1. The van der Waals surface area contributed by atoms with Crippen LogP contribution in [0, 0.1) is 44.8 Å². The maximum absolute atomic E-state index is 13.1. The molecule has 6 heteroatoms. The van der Waals surface area contributed by atoms with Gasteiger partial charge in [-0.1, -0.05) is 45.9 Å². The summed E-state index contributed by atoms with van der Waals surface area (Å²) in [7, 11) is 1.76. The number of fused-ring (bicyclic) bond motifs is 2. The Kier molecular flexibility index (Phi) is 6.76. The average Bonchev–Trinajstić information content (AvgIpc) is 3.32. The lowest BCUT2D eigenvalue weighted by Crippen LogP contribution is -2.62. The molecule has 6 fully saturated rings. The zero-order valence-electron chi connectivity index (χ0n) is 28.3. The second kappa shape index (κ2) is 9.55. The van der Waals surface area contributed by atoms with E-state index in [0.717, 1.165) is 57.8 Å². The highest BCUT2D eigenvalue weighted by molar-refractivity contribution is 5.89. The van der Waals surface area contributed by atoms with E-state index in [1.807, 2.05) is 30.3 Å². The maximum Gasteiger partial charge on any atom is 0.338 e. The molecule has 0 aromatic heterocycles. The van der Waals surface area contributed by atoms with Crippen molar-refractivity contribution in [3.63, 3.8) is 0 Å². The molecule has 12 atom stereocenters. The summed E-state index contributed by atoms with van der Waals surface area (Å²) in [4.78, 5) is 13.1. The minimum Gasteiger partial charge on any atom is -0.458 e. The molecule has 6 nitrogen and oxygen atoms in total. The van der Waals surface area contributed by atoms with Crippen LogP contribution in [0.25, 0.3) is 0 Å². The molecule has 3 unspecified atom stereocenters. The monoisotopic (exact) mass is 608 g/mol. The first-order chi connectivity index (χ1) is 20.5. The summed E-state index contributed by atoms with van der Waals surface area (Å²) in [5.41, 5.74) is -0.439. The molecule has 0 radical (unpaired) electrons. The standard InChI is InChI=1S/C38H56O6/c1-32(2)27(43-31(41)23-12-10-9-11-13-23)15-17-38-22-37(38)19-18-34(5)30(36(7)16-14-28(44-36)33(3,4)42-8)25(40)21-35(34,6)26(37)20-24(39)29(32)38/h9-13,24-30,39-40H,14-22H2,1-8H3/t24-,25-,26?,27-,28-,29-,30-,34+,35-,36+,37?,38?/m0/s1. The number of carbonyl (C=O) groups is 1. The van der Waals surface area contributed by atoms with Crippen molar-refractivity contribution in [3.05, 3.63) is 35.9 Å². The summed E-state index contributed by atoms with van der Waals surface area (Å²) in [6, 6.07) is 9.28. The lowest BCUT2D eigenvalue weighted by atomic mass is 9.41. The second-order valence-corrected chi connectivity index (χ2v) is 17.8. The van der Waals surface area contributed by atoms with Crippen LogP contribution in [0.15, 0.2) is 30.3 Å². The van der Waals surface area contributed by atoms with Crippen molar-refractivity contribution in [3.8, 4) is 0 Å². The van der Waals surface area contributed by atoms with Crippen LogP contribution in [0.1, 0.15) is 117 Å². The first-order valence-corrected chi connectivity index (χ1v) is 17.4. The Bertz CT molecular complexity index is 1310. The highest BCUT2D eigenvalue weighted by Gasteiger charge is 2.85. The van der Waals surface area contributed by atoms with Gasteiger partial charge >= 0.3 is 5.97 Å². The molecule has 1 aliphatic heterocycles. The Labute approximate surface area is 264 Å². The van der Waals surface area contributed by atoms with Crippen LogP contribution in [-0.4, -0.2) is 58.9 Å². The first kappa shape index (κ1) is 31.1. The van der Waals surface area contributed by atoms with Gasteiger partial charge in [0.2, 0.25) is 0 Å². The Hall–Kier alpha value is -1.47. The minimum atomic E-state index is -0.454. The molecule has 0 amide bonds. The van der Waals surface area contributed by atoms with E-state index in [0.29, 0.717) is 11.5 Å². The van der Waals surface area contributed by atoms with Crippen LogP contribution in [-0.2, 0) is 14.2 Å². The molecule has 2 spiro atoms. The van der Waals surface area contributed by atoms with Crippen LogP contribution in [0.3, 0.4) is 0 Å². The maximum atomic E-state index is 13.1. The van der Waals surface area contributed by atoms with Gasteiger partial charge in [0.25, 0.3) is 0 Å². The van der Waals surface area contributed by atoms with Crippen LogP contribution >= 0.6 is 0 Å². The van der Waals surface area contributed by atoms with E-state index < -0.39 is 17.8 Å². The molecule has 1 heterocycles. The quantitative estimate of drug-likeness (QED) is 0.352. The van der Waals surface area contributed by atoms with Gasteiger partial charge in [0, 0.05) is 18.4 Å². The highest BCUT2D eigenvalue weighted by Crippen LogP contribution is 2.89. The summed E-state index contributed by atoms with van der Waals surface area (Å²) >= 11 is 0. The molecule has 2 N–H and O–H groups in total. The molecule has 6 aliphatic rings. The van der Waals surface area contributed by atoms with Gasteiger partial charge in [-0.05, 0) is 124 Å². The molecule has 244 valence electrons. The molecule has 1 aromatic rings. The number of esters is 1. The number of hydrogen-bond donors (Lipinski definition) is 2. The third-order valence-electron chi connectivity index (χ3n) is 15.5. The lowest BCUT2D eigenvalue weighted by Gasteiger charge is -2.64. The van der Waals surface area contributed by atoms with Crippen molar-refractivity contribution in [2.45, 2.75) is 142 Å². The number of benzene rings is 1. The topological polar surface area (TPSA) is 85.2 Å². The summed E-state index contributed by atoms with van der Waals surface area (Å²) in [5, 5.41) is 24.1. The molecule has 1 aromatic carbocycles. The highest BCUT2D eigenvalue weighted by atomic mass is 16.6. The number of carbonyl (C=O) groups excluding carboxylic acids is 1. The summed E-state index contributed by atoms with van der Waals surface area (Å²) < 4.78 is 19.0. The third-order valence-corrected chi connectivity index (χ3v) is 15.5. The molecule has 44 heavy (non-hydrogen) atoms. The lowest BCUT2D eigenvalue weighted by molar-refractivity contribution is -0.214. The normalized spacial score (nSPS) is 50.6. The zero-order valence-corrected chi connectivity index (χ0v) is 28.3. The van der Waals surface area contributed by atoms with Crippen molar-refractivity contribution < 1.29 is 29.2 Å². The Balaban J connectivity index is 1.17. The SMILES string of the molecule is COC(C)(C)[C@@H]1CC[C@](C)([C@H]2[C@@H](O)C[C@@]3(C)C4C[C@H](O)[C@H]5C(C)(C)[C@@H](OC(=O)c6ccccc6)CCC56CC46CC[C@]23C)O1. The van der Waals surface area contributed by atoms with E-state index >= 15 is 0 Å². The number of aliphatic hydroxyl groups is 2. The minimum absolute atomic E-state index is 0.00691. The molecule has 0 bridgehead atoms. The third kappa shape index (κ3) is 3.83. The number of aliphatic hydroxyl groups excluding tert-OH is 2. The predicted molar refractivity (Wildman–Crippen MR) is 169 cm³/mol. The zero-order chi connectivity index (χ0) is 31.7. The van der Waals surface area contributed by atoms with Crippen LogP contribution in [0.2, 0.25) is 0 Å². The van der Waals surface area contributed by atoms with Crippen LogP contribution in [0.4, 0.5) is 0 Å². The number of hydrogen-bond acceptors (Lipinski definition) is 6. The smallest absolute Gasteiger partial charge is 0.338 e. The average molecular weight is 609 g/mol. The molecule has 1 saturated heterocycles. The molecular weight excluding hydrogens is 552 g/mol. The molecule has 7 rings (SSSR count). The van der Waals surface area contributed by atoms with Crippen molar-refractivity contribution >= 4 is 5.97 Å².